The van der Waals surface area contributed by atoms with Crippen molar-refractivity contribution in [1.29, 1.82) is 0 Å². The zero-order chi connectivity index (χ0) is 20.1. The minimum absolute atomic E-state index is 0.253. The predicted molar refractivity (Wildman–Crippen MR) is 113 cm³/mol. The molecule has 0 aliphatic heterocycles. The fourth-order valence-electron chi connectivity index (χ4n) is 3.42. The van der Waals surface area contributed by atoms with Crippen molar-refractivity contribution >= 4 is 43.6 Å². The van der Waals surface area contributed by atoms with E-state index in [0.717, 1.165) is 26.9 Å². The van der Waals surface area contributed by atoms with Gasteiger partial charge in [-0.2, -0.15) is 5.10 Å². The van der Waals surface area contributed by atoms with Crippen molar-refractivity contribution in [3.05, 3.63) is 59.5 Å². The number of fused-ring (bicyclic) bond motifs is 2. The molecule has 4 aromatic heterocycles. The zero-order valence-corrected chi connectivity index (χ0v) is 16.9. The maximum absolute atomic E-state index is 13.2. The molecule has 0 saturated carbocycles. The van der Waals surface area contributed by atoms with Gasteiger partial charge in [0.05, 0.1) is 33.1 Å². The highest BCUT2D eigenvalue weighted by molar-refractivity contribution is 7.22. The molecule has 1 aromatic carbocycles. The van der Waals surface area contributed by atoms with Gasteiger partial charge in [-0.15, -0.1) is 0 Å². The SMILES string of the molecule is Cc1ccc2nc(NC(=O)c3cc(-c4ccco4)nc4c3c(C)nn4C)sc2c1. The molecule has 0 saturated heterocycles. The lowest BCUT2D eigenvalue weighted by molar-refractivity contribution is 0.102. The smallest absolute Gasteiger partial charge is 0.258 e. The van der Waals surface area contributed by atoms with Crippen LogP contribution >= 0.6 is 11.3 Å². The number of hydrogen-bond acceptors (Lipinski definition) is 6. The number of anilines is 1. The van der Waals surface area contributed by atoms with E-state index in [4.69, 9.17) is 4.42 Å². The number of carbonyl (C=O) groups excluding carboxylic acids is 1. The summed E-state index contributed by atoms with van der Waals surface area (Å²) in [4.78, 5) is 22.4. The number of nitrogens with one attached hydrogen (secondary N) is 1. The van der Waals surface area contributed by atoms with Crippen LogP contribution in [0.2, 0.25) is 0 Å². The van der Waals surface area contributed by atoms with E-state index in [2.05, 4.69) is 26.4 Å². The Labute approximate surface area is 170 Å². The van der Waals surface area contributed by atoms with Crippen LogP contribution in [0.5, 0.6) is 0 Å². The predicted octanol–water partition coefficient (Wildman–Crippen LogP) is 4.71. The van der Waals surface area contributed by atoms with E-state index in [1.807, 2.05) is 39.1 Å². The van der Waals surface area contributed by atoms with Gasteiger partial charge in [0.25, 0.3) is 5.91 Å². The summed E-state index contributed by atoms with van der Waals surface area (Å²) in [6.45, 7) is 3.90. The molecule has 0 bridgehead atoms. The molecule has 0 fully saturated rings. The third kappa shape index (κ3) is 2.98. The molecule has 0 unspecified atom stereocenters. The Hall–Kier alpha value is -3.52. The Morgan fingerprint density at radius 3 is 2.83 bits per heavy atom. The molecule has 0 spiro atoms. The van der Waals surface area contributed by atoms with Gasteiger partial charge < -0.3 is 4.42 Å². The molecule has 29 heavy (non-hydrogen) atoms. The highest BCUT2D eigenvalue weighted by Gasteiger charge is 2.21. The van der Waals surface area contributed by atoms with E-state index in [0.29, 0.717) is 27.8 Å². The topological polar surface area (TPSA) is 85.8 Å². The fourth-order valence-corrected chi connectivity index (χ4v) is 4.38. The van der Waals surface area contributed by atoms with Gasteiger partial charge in [-0.1, -0.05) is 17.4 Å². The molecule has 4 heterocycles. The fraction of sp³-hybridized carbons (Fsp3) is 0.143. The first-order chi connectivity index (χ1) is 14.0. The molecule has 1 amide bonds. The summed E-state index contributed by atoms with van der Waals surface area (Å²) in [5.74, 6) is 0.340. The van der Waals surface area contributed by atoms with Crippen LogP contribution in [0.15, 0.2) is 47.1 Å². The molecule has 0 atom stereocenters. The van der Waals surface area contributed by atoms with E-state index < -0.39 is 0 Å². The molecule has 1 N–H and O–H groups in total. The summed E-state index contributed by atoms with van der Waals surface area (Å²) >= 11 is 1.45. The summed E-state index contributed by atoms with van der Waals surface area (Å²) in [7, 11) is 1.81. The van der Waals surface area contributed by atoms with E-state index >= 15 is 0 Å². The monoisotopic (exact) mass is 403 g/mol. The van der Waals surface area contributed by atoms with Gasteiger partial charge in [-0.3, -0.25) is 14.8 Å². The second-order valence-corrected chi connectivity index (χ2v) is 7.91. The Balaban J connectivity index is 1.61. The van der Waals surface area contributed by atoms with E-state index in [1.165, 1.54) is 11.3 Å². The zero-order valence-electron chi connectivity index (χ0n) is 16.1. The third-order valence-electron chi connectivity index (χ3n) is 4.75. The van der Waals surface area contributed by atoms with E-state index in [1.54, 1.807) is 23.1 Å². The lowest BCUT2D eigenvalue weighted by Crippen LogP contribution is -2.13. The maximum Gasteiger partial charge on any atom is 0.258 e. The molecule has 0 radical (unpaired) electrons. The van der Waals surface area contributed by atoms with Crippen LogP contribution in [0.25, 0.3) is 32.7 Å². The molecule has 7 nitrogen and oxygen atoms in total. The number of thiazole rings is 1. The Morgan fingerprint density at radius 2 is 2.03 bits per heavy atom. The minimum Gasteiger partial charge on any atom is -0.463 e. The molecule has 5 aromatic rings. The second kappa shape index (κ2) is 6.52. The van der Waals surface area contributed by atoms with Crippen LogP contribution in [0.3, 0.4) is 0 Å². The Morgan fingerprint density at radius 1 is 1.17 bits per heavy atom. The van der Waals surface area contributed by atoms with Crippen molar-refractivity contribution in [2.24, 2.45) is 7.05 Å². The number of aryl methyl sites for hydroxylation is 3. The van der Waals surface area contributed by atoms with Crippen LogP contribution in [0.1, 0.15) is 21.6 Å². The average molecular weight is 403 g/mol. The first kappa shape index (κ1) is 17.6. The normalized spacial score (nSPS) is 11.4. The summed E-state index contributed by atoms with van der Waals surface area (Å²) in [5, 5.41) is 8.66. The first-order valence-electron chi connectivity index (χ1n) is 9.06. The number of carbonyl (C=O) groups is 1. The molecule has 0 aliphatic carbocycles. The lowest BCUT2D eigenvalue weighted by Gasteiger charge is -2.06. The Bertz CT molecular complexity index is 1380. The lowest BCUT2D eigenvalue weighted by atomic mass is 10.1. The number of amides is 1. The van der Waals surface area contributed by atoms with Crippen molar-refractivity contribution in [3.63, 3.8) is 0 Å². The van der Waals surface area contributed by atoms with Gasteiger partial charge in [0.1, 0.15) is 5.69 Å². The highest BCUT2D eigenvalue weighted by atomic mass is 32.1. The van der Waals surface area contributed by atoms with Crippen LogP contribution in [0, 0.1) is 13.8 Å². The highest BCUT2D eigenvalue weighted by Crippen LogP contribution is 2.30. The van der Waals surface area contributed by atoms with E-state index in [-0.39, 0.29) is 5.91 Å². The largest absolute Gasteiger partial charge is 0.463 e. The molecule has 5 rings (SSSR count). The van der Waals surface area contributed by atoms with Crippen molar-refractivity contribution in [2.75, 3.05) is 5.32 Å². The molecule has 0 aliphatic rings. The quantitative estimate of drug-likeness (QED) is 0.472. The van der Waals surface area contributed by atoms with Gasteiger partial charge in [-0.25, -0.2) is 9.97 Å². The number of furan rings is 1. The molecule has 144 valence electrons. The van der Waals surface area contributed by atoms with Crippen molar-refractivity contribution in [2.45, 2.75) is 13.8 Å². The Kier molecular flexibility index (Phi) is 3.95. The van der Waals surface area contributed by atoms with Gasteiger partial charge in [0.2, 0.25) is 0 Å². The van der Waals surface area contributed by atoms with Crippen molar-refractivity contribution in [3.8, 4) is 11.5 Å². The van der Waals surface area contributed by atoms with Crippen LogP contribution in [-0.4, -0.2) is 25.7 Å². The summed E-state index contributed by atoms with van der Waals surface area (Å²) in [6.07, 6.45) is 1.58. The molecule has 8 heteroatoms. The number of aromatic nitrogens is 4. The third-order valence-corrected chi connectivity index (χ3v) is 5.68. The summed E-state index contributed by atoms with van der Waals surface area (Å²) < 4.78 is 8.20. The van der Waals surface area contributed by atoms with Gasteiger partial charge in [-0.05, 0) is 49.7 Å². The summed E-state index contributed by atoms with van der Waals surface area (Å²) in [5.41, 5.74) is 4.46. The number of hydrogen-bond donors (Lipinski definition) is 1. The van der Waals surface area contributed by atoms with Gasteiger partial charge >= 0.3 is 0 Å². The van der Waals surface area contributed by atoms with Crippen LogP contribution in [-0.2, 0) is 7.05 Å². The first-order valence-corrected chi connectivity index (χ1v) is 9.88. The van der Waals surface area contributed by atoms with Gasteiger partial charge in [0, 0.05) is 7.05 Å². The van der Waals surface area contributed by atoms with Crippen molar-refractivity contribution in [1.82, 2.24) is 19.7 Å². The number of pyridine rings is 1. The molecular weight excluding hydrogens is 386 g/mol. The molecular formula is C21H17N5O2S. The van der Waals surface area contributed by atoms with Gasteiger partial charge in [0.15, 0.2) is 16.5 Å². The van der Waals surface area contributed by atoms with E-state index in [9.17, 15) is 4.79 Å². The number of benzene rings is 1. The average Bonchev–Trinajstić information content (AvgIpc) is 3.41. The minimum atomic E-state index is -0.253. The van der Waals surface area contributed by atoms with Crippen LogP contribution in [0.4, 0.5) is 5.13 Å². The second-order valence-electron chi connectivity index (χ2n) is 6.88. The van der Waals surface area contributed by atoms with Crippen LogP contribution < -0.4 is 5.32 Å². The van der Waals surface area contributed by atoms with Crippen molar-refractivity contribution < 1.29 is 9.21 Å². The standard InChI is InChI=1S/C21H17N5O2S/c1-11-6-7-14-17(9-11)29-21(23-14)24-20(27)13-10-15(16-5-4-8-28-16)22-19-18(13)12(2)25-26(19)3/h4-10H,1-3H3,(H,23,24,27). The number of nitrogens with zero attached hydrogens (tertiary/aromatic N) is 4. The summed E-state index contributed by atoms with van der Waals surface area (Å²) in [6, 6.07) is 11.4. The number of rotatable bonds is 3. The maximum atomic E-state index is 13.2.